The summed E-state index contributed by atoms with van der Waals surface area (Å²) in [5.41, 5.74) is 2.58. The first kappa shape index (κ1) is 19.2. The Morgan fingerprint density at radius 1 is 1.00 bits per heavy atom. The zero-order valence-corrected chi connectivity index (χ0v) is 14.9. The maximum atomic E-state index is 12.1. The lowest BCUT2D eigenvalue weighted by molar-refractivity contribution is -0.123. The summed E-state index contributed by atoms with van der Waals surface area (Å²) in [4.78, 5) is 36.0. The zero-order chi connectivity index (χ0) is 18.9. The van der Waals surface area contributed by atoms with E-state index in [2.05, 4.69) is 10.6 Å². The van der Waals surface area contributed by atoms with Gasteiger partial charge in [-0.3, -0.25) is 9.59 Å². The number of nitrogens with one attached hydrogen (secondary N) is 2. The molecule has 2 rings (SSSR count). The maximum Gasteiger partial charge on any atom is 0.340 e. The van der Waals surface area contributed by atoms with Crippen LogP contribution in [-0.4, -0.2) is 30.9 Å². The monoisotopic (exact) mass is 354 g/mol. The van der Waals surface area contributed by atoms with E-state index in [0.717, 1.165) is 11.1 Å². The summed E-state index contributed by atoms with van der Waals surface area (Å²) in [6.45, 7) is 3.73. The van der Waals surface area contributed by atoms with Crippen LogP contribution in [0.5, 0.6) is 0 Å². The molecular formula is C20H22N2O4. The highest BCUT2D eigenvalue weighted by Gasteiger charge is 2.14. The van der Waals surface area contributed by atoms with Gasteiger partial charge in [-0.2, -0.15) is 0 Å². The molecule has 0 atom stereocenters. The Kier molecular flexibility index (Phi) is 6.91. The molecule has 2 N–H and O–H groups in total. The summed E-state index contributed by atoms with van der Waals surface area (Å²) in [5.74, 6) is -1.17. The number of benzene rings is 2. The third-order valence-electron chi connectivity index (χ3n) is 3.59. The van der Waals surface area contributed by atoms with E-state index >= 15 is 0 Å². The van der Waals surface area contributed by atoms with Crippen molar-refractivity contribution in [2.45, 2.75) is 20.3 Å². The normalized spacial score (nSPS) is 10.1. The lowest BCUT2D eigenvalue weighted by atomic mass is 10.1. The fourth-order valence-electron chi connectivity index (χ4n) is 2.42. The van der Waals surface area contributed by atoms with Crippen LogP contribution in [0.1, 0.15) is 28.4 Å². The molecule has 136 valence electrons. The Bertz CT molecular complexity index is 802. The van der Waals surface area contributed by atoms with Gasteiger partial charge in [-0.1, -0.05) is 42.0 Å². The number of hydrogen-bond donors (Lipinski definition) is 2. The minimum atomic E-state index is -0.508. The van der Waals surface area contributed by atoms with Crippen LogP contribution in [0.25, 0.3) is 0 Å². The molecule has 0 fully saturated rings. The molecule has 6 heteroatoms. The second-order valence-corrected chi connectivity index (χ2v) is 5.76. The van der Waals surface area contributed by atoms with E-state index in [-0.39, 0.29) is 31.0 Å². The van der Waals surface area contributed by atoms with Crippen molar-refractivity contribution >= 4 is 23.5 Å². The Morgan fingerprint density at radius 3 is 2.50 bits per heavy atom. The molecule has 0 spiro atoms. The van der Waals surface area contributed by atoms with Crippen molar-refractivity contribution in [3.8, 4) is 0 Å². The lowest BCUT2D eigenvalue weighted by Gasteiger charge is -2.11. The summed E-state index contributed by atoms with van der Waals surface area (Å²) in [6, 6.07) is 14.2. The molecule has 26 heavy (non-hydrogen) atoms. The van der Waals surface area contributed by atoms with Crippen LogP contribution in [0, 0.1) is 6.92 Å². The minimum absolute atomic E-state index is 0.179. The summed E-state index contributed by atoms with van der Waals surface area (Å²) < 4.78 is 4.96. The Labute approximate surface area is 152 Å². The van der Waals surface area contributed by atoms with Crippen molar-refractivity contribution in [3.63, 3.8) is 0 Å². The fraction of sp³-hybridized carbons (Fsp3) is 0.250. The molecule has 0 saturated heterocycles. The van der Waals surface area contributed by atoms with Crippen molar-refractivity contribution in [2.75, 3.05) is 18.5 Å². The Balaban J connectivity index is 1.89. The van der Waals surface area contributed by atoms with Gasteiger partial charge in [-0.05, 0) is 31.5 Å². The SMILES string of the molecule is CCOC(=O)c1ccccc1NC(=O)CNC(=O)Cc1cccc(C)c1. The molecule has 0 aliphatic carbocycles. The van der Waals surface area contributed by atoms with Gasteiger partial charge in [0.1, 0.15) is 0 Å². The molecule has 6 nitrogen and oxygen atoms in total. The van der Waals surface area contributed by atoms with Crippen LogP contribution < -0.4 is 10.6 Å². The summed E-state index contributed by atoms with van der Waals surface area (Å²) in [5, 5.41) is 5.20. The number of rotatable bonds is 7. The number of anilines is 1. The minimum Gasteiger partial charge on any atom is -0.462 e. The third-order valence-corrected chi connectivity index (χ3v) is 3.59. The lowest BCUT2D eigenvalue weighted by Crippen LogP contribution is -2.34. The highest BCUT2D eigenvalue weighted by molar-refractivity contribution is 6.02. The molecule has 0 heterocycles. The predicted molar refractivity (Wildman–Crippen MR) is 98.9 cm³/mol. The van der Waals surface area contributed by atoms with Crippen LogP contribution in [0.15, 0.2) is 48.5 Å². The van der Waals surface area contributed by atoms with Crippen molar-refractivity contribution < 1.29 is 19.1 Å². The molecule has 0 aliphatic heterocycles. The number of hydrogen-bond acceptors (Lipinski definition) is 4. The maximum absolute atomic E-state index is 12.1. The van der Waals surface area contributed by atoms with Gasteiger partial charge < -0.3 is 15.4 Å². The quantitative estimate of drug-likeness (QED) is 0.748. The van der Waals surface area contributed by atoms with Crippen molar-refractivity contribution in [3.05, 3.63) is 65.2 Å². The number of carbonyl (C=O) groups excluding carboxylic acids is 3. The van der Waals surface area contributed by atoms with Gasteiger partial charge >= 0.3 is 5.97 Å². The summed E-state index contributed by atoms with van der Waals surface area (Å²) in [6.07, 6.45) is 0.203. The van der Waals surface area contributed by atoms with Gasteiger partial charge in [0.15, 0.2) is 0 Å². The van der Waals surface area contributed by atoms with Gasteiger partial charge in [-0.15, -0.1) is 0 Å². The number of amides is 2. The van der Waals surface area contributed by atoms with Crippen LogP contribution in [0.2, 0.25) is 0 Å². The first-order chi connectivity index (χ1) is 12.5. The molecule has 0 aliphatic rings. The molecule has 0 aromatic heterocycles. The smallest absolute Gasteiger partial charge is 0.340 e. The highest BCUT2D eigenvalue weighted by Crippen LogP contribution is 2.16. The Morgan fingerprint density at radius 2 is 1.77 bits per heavy atom. The second-order valence-electron chi connectivity index (χ2n) is 5.76. The Hall–Kier alpha value is -3.15. The number of esters is 1. The molecular weight excluding hydrogens is 332 g/mol. The van der Waals surface area contributed by atoms with Crippen molar-refractivity contribution in [1.82, 2.24) is 5.32 Å². The molecule has 2 aromatic rings. The van der Waals surface area contributed by atoms with Crippen LogP contribution in [0.4, 0.5) is 5.69 Å². The second kappa shape index (κ2) is 9.36. The van der Waals surface area contributed by atoms with Crippen LogP contribution in [-0.2, 0) is 20.7 Å². The summed E-state index contributed by atoms with van der Waals surface area (Å²) in [7, 11) is 0. The fourth-order valence-corrected chi connectivity index (χ4v) is 2.42. The third kappa shape index (κ3) is 5.73. The largest absolute Gasteiger partial charge is 0.462 e. The molecule has 2 aromatic carbocycles. The number of aryl methyl sites for hydroxylation is 1. The van der Waals surface area contributed by atoms with Gasteiger partial charge in [-0.25, -0.2) is 4.79 Å². The molecule has 0 saturated carbocycles. The van der Waals surface area contributed by atoms with Crippen LogP contribution >= 0.6 is 0 Å². The van der Waals surface area contributed by atoms with Gasteiger partial charge in [0.25, 0.3) is 0 Å². The number of carbonyl (C=O) groups is 3. The van der Waals surface area contributed by atoms with E-state index in [1.54, 1.807) is 31.2 Å². The van der Waals surface area contributed by atoms with E-state index in [9.17, 15) is 14.4 Å². The standard InChI is InChI=1S/C20H22N2O4/c1-3-26-20(25)16-9-4-5-10-17(16)22-19(24)13-21-18(23)12-15-8-6-7-14(2)11-15/h4-11H,3,12-13H2,1-2H3,(H,21,23)(H,22,24). The van der Waals surface area contributed by atoms with Gasteiger partial charge in [0, 0.05) is 0 Å². The topological polar surface area (TPSA) is 84.5 Å². The molecule has 0 unspecified atom stereocenters. The van der Waals surface area contributed by atoms with Crippen LogP contribution in [0.3, 0.4) is 0 Å². The average Bonchev–Trinajstić information content (AvgIpc) is 2.61. The van der Waals surface area contributed by atoms with Gasteiger partial charge in [0.2, 0.25) is 11.8 Å². The first-order valence-electron chi connectivity index (χ1n) is 8.38. The van der Waals surface area contributed by atoms with E-state index in [4.69, 9.17) is 4.74 Å². The zero-order valence-electron chi connectivity index (χ0n) is 14.9. The van der Waals surface area contributed by atoms with Crippen molar-refractivity contribution in [2.24, 2.45) is 0 Å². The van der Waals surface area contributed by atoms with E-state index in [0.29, 0.717) is 5.69 Å². The predicted octanol–water partition coefficient (Wildman–Crippen LogP) is 2.47. The van der Waals surface area contributed by atoms with Crippen molar-refractivity contribution in [1.29, 1.82) is 0 Å². The number of para-hydroxylation sites is 1. The highest BCUT2D eigenvalue weighted by atomic mass is 16.5. The molecule has 2 amide bonds. The van der Waals surface area contributed by atoms with Gasteiger partial charge in [0.05, 0.1) is 30.8 Å². The summed E-state index contributed by atoms with van der Waals surface area (Å²) >= 11 is 0. The van der Waals surface area contributed by atoms with E-state index in [1.807, 2.05) is 31.2 Å². The first-order valence-corrected chi connectivity index (χ1v) is 8.38. The molecule has 0 bridgehead atoms. The molecule has 0 radical (unpaired) electrons. The van der Waals surface area contributed by atoms with E-state index in [1.165, 1.54) is 0 Å². The average molecular weight is 354 g/mol. The number of ether oxygens (including phenoxy) is 1. The van der Waals surface area contributed by atoms with E-state index < -0.39 is 11.9 Å².